The molecule has 1 aromatic rings. The highest BCUT2D eigenvalue weighted by Crippen LogP contribution is 2.28. The van der Waals surface area contributed by atoms with E-state index in [0.29, 0.717) is 31.8 Å². The van der Waals surface area contributed by atoms with Crippen molar-refractivity contribution in [3.8, 4) is 0 Å². The first-order valence-corrected chi connectivity index (χ1v) is 10.0. The molecule has 3 atom stereocenters. The van der Waals surface area contributed by atoms with Gasteiger partial charge in [0.2, 0.25) is 0 Å². The molecule has 0 aromatic carbocycles. The van der Waals surface area contributed by atoms with Crippen molar-refractivity contribution >= 4 is 11.8 Å². The summed E-state index contributed by atoms with van der Waals surface area (Å²) in [4.78, 5) is 18.5. The van der Waals surface area contributed by atoms with Gasteiger partial charge in [0.1, 0.15) is 18.1 Å². The molecule has 4 N–H and O–H groups in total. The van der Waals surface area contributed by atoms with Crippen LogP contribution >= 0.6 is 0 Å². The Bertz CT molecular complexity index is 653. The van der Waals surface area contributed by atoms with Crippen LogP contribution in [0.15, 0.2) is 18.3 Å². The normalized spacial score (nSPS) is 26.8. The minimum atomic E-state index is -0.791. The molecule has 8 heteroatoms. The van der Waals surface area contributed by atoms with E-state index in [0.717, 1.165) is 24.2 Å². The summed E-state index contributed by atoms with van der Waals surface area (Å²) in [6.07, 6.45) is 3.10. The Labute approximate surface area is 166 Å². The molecule has 0 aliphatic carbocycles. The van der Waals surface area contributed by atoms with Crippen LogP contribution in [0, 0.1) is 0 Å². The number of likely N-dealkylation sites (tertiary alicyclic amines) is 1. The van der Waals surface area contributed by atoms with Crippen LogP contribution in [0.5, 0.6) is 0 Å². The summed E-state index contributed by atoms with van der Waals surface area (Å²) in [5.74, 6) is 0.324. The average molecular weight is 393 g/mol. The molecule has 28 heavy (non-hydrogen) atoms. The Kier molecular flexibility index (Phi) is 6.42. The van der Waals surface area contributed by atoms with E-state index in [1.165, 1.54) is 0 Å². The topological polar surface area (TPSA) is 107 Å². The zero-order chi connectivity index (χ0) is 20.3. The van der Waals surface area contributed by atoms with Gasteiger partial charge in [0.05, 0.1) is 17.9 Å². The molecule has 0 radical (unpaired) electrons. The number of aliphatic hydroxyl groups is 2. The SMILES string of the molecule is CC(C)(C)OC(=O)N1CCC(c2ccc(NC3CCC(O)NC3O)cn2)CC1. The van der Waals surface area contributed by atoms with E-state index in [-0.39, 0.29) is 12.1 Å². The second kappa shape index (κ2) is 8.63. The minimum Gasteiger partial charge on any atom is -0.444 e. The van der Waals surface area contributed by atoms with Crippen LogP contribution in [-0.2, 0) is 4.74 Å². The van der Waals surface area contributed by atoms with Crippen molar-refractivity contribution in [2.45, 2.75) is 76.5 Å². The summed E-state index contributed by atoms with van der Waals surface area (Å²) in [7, 11) is 0. The monoisotopic (exact) mass is 392 g/mol. The maximum Gasteiger partial charge on any atom is 0.410 e. The molecule has 1 amide bonds. The van der Waals surface area contributed by atoms with E-state index in [4.69, 9.17) is 4.74 Å². The van der Waals surface area contributed by atoms with Crippen molar-refractivity contribution < 1.29 is 19.7 Å². The predicted octanol–water partition coefficient (Wildman–Crippen LogP) is 2.00. The standard InChI is InChI=1S/C20H32N4O4/c1-20(2,3)28-19(27)24-10-8-13(9-11-24)15-5-4-14(12-21-15)22-16-6-7-17(25)23-18(16)26/h4-5,12-13,16-18,22-23,25-26H,6-11H2,1-3H3. The smallest absolute Gasteiger partial charge is 0.410 e. The molecule has 2 saturated heterocycles. The molecule has 8 nitrogen and oxygen atoms in total. The Morgan fingerprint density at radius 1 is 1.21 bits per heavy atom. The number of hydrogen-bond acceptors (Lipinski definition) is 7. The van der Waals surface area contributed by atoms with Crippen molar-refractivity contribution in [3.05, 3.63) is 24.0 Å². The molecule has 2 fully saturated rings. The number of nitrogens with zero attached hydrogens (tertiary/aromatic N) is 2. The van der Waals surface area contributed by atoms with E-state index in [2.05, 4.69) is 15.6 Å². The van der Waals surface area contributed by atoms with E-state index in [1.807, 2.05) is 32.9 Å². The van der Waals surface area contributed by atoms with Crippen molar-refractivity contribution in [1.82, 2.24) is 15.2 Å². The predicted molar refractivity (Wildman–Crippen MR) is 106 cm³/mol. The van der Waals surface area contributed by atoms with Crippen molar-refractivity contribution in [3.63, 3.8) is 0 Å². The van der Waals surface area contributed by atoms with Crippen LogP contribution in [0.4, 0.5) is 10.5 Å². The first kappa shape index (κ1) is 20.8. The molecule has 3 rings (SSSR count). The molecule has 0 spiro atoms. The van der Waals surface area contributed by atoms with Gasteiger partial charge in [-0.2, -0.15) is 0 Å². The van der Waals surface area contributed by atoms with Gasteiger partial charge < -0.3 is 25.2 Å². The highest BCUT2D eigenvalue weighted by Gasteiger charge is 2.29. The lowest BCUT2D eigenvalue weighted by Crippen LogP contribution is -2.53. The summed E-state index contributed by atoms with van der Waals surface area (Å²) in [5.41, 5.74) is 1.39. The van der Waals surface area contributed by atoms with Crippen LogP contribution in [0.2, 0.25) is 0 Å². The highest BCUT2D eigenvalue weighted by atomic mass is 16.6. The third-order valence-electron chi connectivity index (χ3n) is 5.20. The average Bonchev–Trinajstić information content (AvgIpc) is 2.63. The fourth-order valence-corrected chi connectivity index (χ4v) is 3.67. The first-order valence-electron chi connectivity index (χ1n) is 10.0. The van der Waals surface area contributed by atoms with E-state index >= 15 is 0 Å². The van der Waals surface area contributed by atoms with E-state index in [9.17, 15) is 15.0 Å². The molecule has 0 bridgehead atoms. The van der Waals surface area contributed by atoms with Crippen molar-refractivity contribution in [2.24, 2.45) is 0 Å². The Hall–Kier alpha value is -1.90. The van der Waals surface area contributed by atoms with Crippen LogP contribution in [0.25, 0.3) is 0 Å². The van der Waals surface area contributed by atoms with Gasteiger partial charge in [0, 0.05) is 24.7 Å². The maximum absolute atomic E-state index is 12.2. The highest BCUT2D eigenvalue weighted by molar-refractivity contribution is 5.68. The lowest BCUT2D eigenvalue weighted by atomic mass is 9.93. The largest absolute Gasteiger partial charge is 0.444 e. The number of nitrogens with one attached hydrogen (secondary N) is 2. The molecule has 3 unspecified atom stereocenters. The molecule has 1 aromatic heterocycles. The number of aliphatic hydroxyl groups excluding tert-OH is 2. The number of rotatable bonds is 3. The number of amides is 1. The molecule has 2 aliphatic heterocycles. The Morgan fingerprint density at radius 2 is 1.93 bits per heavy atom. The zero-order valence-corrected chi connectivity index (χ0v) is 16.9. The number of aromatic nitrogens is 1. The molecule has 3 heterocycles. The van der Waals surface area contributed by atoms with Gasteiger partial charge in [-0.15, -0.1) is 0 Å². The van der Waals surface area contributed by atoms with Crippen molar-refractivity contribution in [2.75, 3.05) is 18.4 Å². The van der Waals surface area contributed by atoms with Gasteiger partial charge in [-0.3, -0.25) is 10.3 Å². The summed E-state index contributed by atoms with van der Waals surface area (Å²) in [5, 5.41) is 25.5. The van der Waals surface area contributed by atoms with Gasteiger partial charge in [-0.25, -0.2) is 4.79 Å². The molecule has 156 valence electrons. The number of piperidine rings is 2. The lowest BCUT2D eigenvalue weighted by Gasteiger charge is -2.34. The number of pyridine rings is 1. The molecule has 0 saturated carbocycles. The van der Waals surface area contributed by atoms with Gasteiger partial charge in [0.25, 0.3) is 0 Å². The van der Waals surface area contributed by atoms with Gasteiger partial charge >= 0.3 is 6.09 Å². The van der Waals surface area contributed by atoms with E-state index < -0.39 is 18.1 Å². The number of ether oxygens (including phenoxy) is 1. The molecular formula is C20H32N4O4. The third-order valence-corrected chi connectivity index (χ3v) is 5.20. The van der Waals surface area contributed by atoms with Gasteiger partial charge in [-0.05, 0) is 58.6 Å². The number of carbonyl (C=O) groups excluding carboxylic acids is 1. The van der Waals surface area contributed by atoms with Crippen LogP contribution in [-0.4, -0.2) is 63.4 Å². The fraction of sp³-hybridized carbons (Fsp3) is 0.700. The summed E-state index contributed by atoms with van der Waals surface area (Å²) in [6, 6.07) is 3.82. The van der Waals surface area contributed by atoms with Crippen LogP contribution < -0.4 is 10.6 Å². The Morgan fingerprint density at radius 3 is 2.50 bits per heavy atom. The van der Waals surface area contributed by atoms with Gasteiger partial charge in [-0.1, -0.05) is 0 Å². The van der Waals surface area contributed by atoms with Crippen LogP contribution in [0.3, 0.4) is 0 Å². The summed E-state index contributed by atoms with van der Waals surface area (Å²) >= 11 is 0. The second-order valence-corrected chi connectivity index (χ2v) is 8.67. The third kappa shape index (κ3) is 5.56. The molecular weight excluding hydrogens is 360 g/mol. The summed E-state index contributed by atoms with van der Waals surface area (Å²) in [6.45, 7) is 6.97. The minimum absolute atomic E-state index is 0.159. The van der Waals surface area contributed by atoms with E-state index in [1.54, 1.807) is 11.1 Å². The van der Waals surface area contributed by atoms with Gasteiger partial charge in [0.15, 0.2) is 0 Å². The summed E-state index contributed by atoms with van der Waals surface area (Å²) < 4.78 is 5.44. The lowest BCUT2D eigenvalue weighted by molar-refractivity contribution is -0.00341. The zero-order valence-electron chi connectivity index (χ0n) is 16.9. The number of hydrogen-bond donors (Lipinski definition) is 4. The number of anilines is 1. The Balaban J connectivity index is 1.50. The number of carbonyl (C=O) groups is 1. The first-order chi connectivity index (χ1) is 13.2. The fourth-order valence-electron chi connectivity index (χ4n) is 3.67. The quantitative estimate of drug-likeness (QED) is 0.623. The second-order valence-electron chi connectivity index (χ2n) is 8.67. The molecule has 2 aliphatic rings. The van der Waals surface area contributed by atoms with Crippen molar-refractivity contribution in [1.29, 1.82) is 0 Å². The van der Waals surface area contributed by atoms with Crippen LogP contribution in [0.1, 0.15) is 58.1 Å². The maximum atomic E-state index is 12.2.